The minimum Gasteiger partial charge on any atom is -0.467 e. The molecular formula is C9H18N2O3. The molecule has 1 saturated heterocycles. The average Bonchev–Trinajstić information content (AvgIpc) is 2.16. The Kier molecular flexibility index (Phi) is 4.31. The van der Waals surface area contributed by atoms with E-state index in [1.165, 1.54) is 7.11 Å². The van der Waals surface area contributed by atoms with Gasteiger partial charge in [-0.15, -0.1) is 0 Å². The third kappa shape index (κ3) is 3.25. The fourth-order valence-electron chi connectivity index (χ4n) is 1.49. The third-order valence-electron chi connectivity index (χ3n) is 2.11. The van der Waals surface area contributed by atoms with Crippen molar-refractivity contribution in [3.8, 4) is 0 Å². The number of hydroxylamine groups is 2. The molecular weight excluding hydrogens is 184 g/mol. The van der Waals surface area contributed by atoms with Gasteiger partial charge in [-0.25, -0.2) is 4.79 Å². The summed E-state index contributed by atoms with van der Waals surface area (Å²) in [5.74, 6) is -0.306. The number of ether oxygens (including phenoxy) is 1. The molecule has 1 unspecified atom stereocenters. The number of hydrogen-bond donors (Lipinski definition) is 1. The van der Waals surface area contributed by atoms with Crippen LogP contribution in [0.3, 0.4) is 0 Å². The Hall–Kier alpha value is -0.650. The third-order valence-corrected chi connectivity index (χ3v) is 2.11. The number of methoxy groups -OCH3 is 1. The van der Waals surface area contributed by atoms with Crippen LogP contribution < -0.4 is 5.73 Å². The number of rotatable bonds is 3. The van der Waals surface area contributed by atoms with Crippen LogP contribution in [0, 0.1) is 0 Å². The molecule has 1 fully saturated rings. The maximum Gasteiger partial charge on any atom is 0.337 e. The Morgan fingerprint density at radius 3 is 3.07 bits per heavy atom. The summed E-state index contributed by atoms with van der Waals surface area (Å²) in [6, 6.07) is 0.0476. The molecule has 0 bridgehead atoms. The van der Waals surface area contributed by atoms with Gasteiger partial charge in [0, 0.05) is 19.1 Å². The Balaban J connectivity index is 2.39. The zero-order chi connectivity index (χ0) is 10.6. The normalized spacial score (nSPS) is 25.8. The molecule has 2 N–H and O–H groups in total. The lowest BCUT2D eigenvalue weighted by atomic mass is 10.1. The van der Waals surface area contributed by atoms with Crippen LogP contribution in [0.25, 0.3) is 0 Å². The summed E-state index contributed by atoms with van der Waals surface area (Å²) < 4.78 is 4.62. The molecule has 2 atom stereocenters. The van der Waals surface area contributed by atoms with Crippen molar-refractivity contribution in [1.82, 2.24) is 5.06 Å². The van der Waals surface area contributed by atoms with Crippen LogP contribution in [0.15, 0.2) is 0 Å². The Morgan fingerprint density at radius 2 is 2.50 bits per heavy atom. The minimum atomic E-state index is -0.451. The highest BCUT2D eigenvalue weighted by molar-refractivity contribution is 5.74. The molecule has 1 aliphatic heterocycles. The van der Waals surface area contributed by atoms with Crippen molar-refractivity contribution in [2.75, 3.05) is 20.2 Å². The van der Waals surface area contributed by atoms with Crippen LogP contribution in [0.2, 0.25) is 0 Å². The molecule has 5 nitrogen and oxygen atoms in total. The lowest BCUT2D eigenvalue weighted by Crippen LogP contribution is -2.44. The standard InChI is InChI=1S/C9H18N2O3/c1-7(10)6-11-5-3-4-8(14-11)9(12)13-2/h7-8H,3-6,10H2,1-2H3/t7-,8?/m0/s1. The Morgan fingerprint density at radius 1 is 1.79 bits per heavy atom. The average molecular weight is 202 g/mol. The topological polar surface area (TPSA) is 64.8 Å². The molecule has 0 spiro atoms. The number of carbonyl (C=O) groups excluding carboxylic acids is 1. The fraction of sp³-hybridized carbons (Fsp3) is 0.889. The van der Waals surface area contributed by atoms with Gasteiger partial charge in [0.1, 0.15) is 0 Å². The van der Waals surface area contributed by atoms with Gasteiger partial charge in [-0.1, -0.05) is 0 Å². The number of hydrogen-bond acceptors (Lipinski definition) is 5. The van der Waals surface area contributed by atoms with Crippen molar-refractivity contribution in [3.05, 3.63) is 0 Å². The van der Waals surface area contributed by atoms with Gasteiger partial charge in [0.05, 0.1) is 7.11 Å². The van der Waals surface area contributed by atoms with Crippen molar-refractivity contribution >= 4 is 5.97 Å². The van der Waals surface area contributed by atoms with Crippen LogP contribution in [-0.2, 0) is 14.4 Å². The molecule has 0 aromatic heterocycles. The van der Waals surface area contributed by atoms with E-state index in [0.29, 0.717) is 6.54 Å². The molecule has 1 aliphatic rings. The van der Waals surface area contributed by atoms with Gasteiger partial charge < -0.3 is 10.5 Å². The minimum absolute atomic E-state index is 0.0476. The van der Waals surface area contributed by atoms with Gasteiger partial charge in [0.15, 0.2) is 6.10 Å². The van der Waals surface area contributed by atoms with Crippen molar-refractivity contribution in [2.45, 2.75) is 31.9 Å². The van der Waals surface area contributed by atoms with Crippen LogP contribution in [-0.4, -0.2) is 43.4 Å². The smallest absolute Gasteiger partial charge is 0.337 e. The second-order valence-electron chi connectivity index (χ2n) is 3.62. The zero-order valence-corrected chi connectivity index (χ0v) is 8.73. The highest BCUT2D eigenvalue weighted by Gasteiger charge is 2.27. The highest BCUT2D eigenvalue weighted by Crippen LogP contribution is 2.14. The quantitative estimate of drug-likeness (QED) is 0.647. The summed E-state index contributed by atoms with van der Waals surface area (Å²) in [6.07, 6.45) is 1.21. The molecule has 0 radical (unpaired) electrons. The van der Waals surface area contributed by atoms with E-state index in [9.17, 15) is 4.79 Å². The molecule has 0 amide bonds. The van der Waals surface area contributed by atoms with Crippen molar-refractivity contribution in [2.24, 2.45) is 5.73 Å². The number of nitrogens with two attached hydrogens (primary N) is 1. The maximum absolute atomic E-state index is 11.2. The number of carbonyl (C=O) groups is 1. The van der Waals surface area contributed by atoms with E-state index in [1.54, 1.807) is 5.06 Å². The van der Waals surface area contributed by atoms with E-state index in [1.807, 2.05) is 6.92 Å². The lowest BCUT2D eigenvalue weighted by molar-refractivity contribution is -0.230. The molecule has 82 valence electrons. The van der Waals surface area contributed by atoms with Crippen molar-refractivity contribution in [3.63, 3.8) is 0 Å². The molecule has 0 aromatic rings. The Labute approximate surface area is 84.1 Å². The second-order valence-corrected chi connectivity index (χ2v) is 3.62. The molecule has 1 heterocycles. The number of nitrogens with zero attached hydrogens (tertiary/aromatic N) is 1. The van der Waals surface area contributed by atoms with Gasteiger partial charge in [0.2, 0.25) is 0 Å². The number of esters is 1. The van der Waals surface area contributed by atoms with E-state index >= 15 is 0 Å². The maximum atomic E-state index is 11.2. The molecule has 0 saturated carbocycles. The predicted molar refractivity (Wildman–Crippen MR) is 51.3 cm³/mol. The summed E-state index contributed by atoms with van der Waals surface area (Å²) in [5.41, 5.74) is 5.64. The van der Waals surface area contributed by atoms with Crippen LogP contribution in [0.4, 0.5) is 0 Å². The summed E-state index contributed by atoms with van der Waals surface area (Å²) in [5, 5.41) is 1.75. The first-order valence-corrected chi connectivity index (χ1v) is 4.88. The summed E-state index contributed by atoms with van der Waals surface area (Å²) >= 11 is 0. The Bertz CT molecular complexity index is 196. The molecule has 14 heavy (non-hydrogen) atoms. The SMILES string of the molecule is COC(=O)C1CCCN(C[C@H](C)N)O1. The monoisotopic (exact) mass is 202 g/mol. The van der Waals surface area contributed by atoms with Gasteiger partial charge in [-0.3, -0.25) is 4.84 Å². The lowest BCUT2D eigenvalue weighted by Gasteiger charge is -2.31. The molecule has 1 rings (SSSR count). The summed E-state index contributed by atoms with van der Waals surface area (Å²) in [7, 11) is 1.37. The zero-order valence-electron chi connectivity index (χ0n) is 8.73. The van der Waals surface area contributed by atoms with Crippen molar-refractivity contribution < 1.29 is 14.4 Å². The first-order valence-electron chi connectivity index (χ1n) is 4.88. The summed E-state index contributed by atoms with van der Waals surface area (Å²) in [4.78, 5) is 16.6. The van der Waals surface area contributed by atoms with Gasteiger partial charge in [-0.05, 0) is 19.8 Å². The van der Waals surface area contributed by atoms with E-state index in [2.05, 4.69) is 4.74 Å². The fourth-order valence-corrected chi connectivity index (χ4v) is 1.49. The van der Waals surface area contributed by atoms with Crippen LogP contribution in [0.5, 0.6) is 0 Å². The first-order chi connectivity index (χ1) is 6.63. The highest BCUT2D eigenvalue weighted by atomic mass is 16.7. The van der Waals surface area contributed by atoms with Crippen molar-refractivity contribution in [1.29, 1.82) is 0 Å². The van der Waals surface area contributed by atoms with E-state index in [4.69, 9.17) is 10.6 Å². The largest absolute Gasteiger partial charge is 0.467 e. The second kappa shape index (κ2) is 5.29. The van der Waals surface area contributed by atoms with Gasteiger partial charge in [-0.2, -0.15) is 5.06 Å². The van der Waals surface area contributed by atoms with E-state index in [0.717, 1.165) is 19.4 Å². The van der Waals surface area contributed by atoms with Gasteiger partial charge in [0.25, 0.3) is 0 Å². The van der Waals surface area contributed by atoms with Crippen LogP contribution >= 0.6 is 0 Å². The summed E-state index contributed by atoms with van der Waals surface area (Å²) in [6.45, 7) is 3.38. The molecule has 0 aliphatic carbocycles. The molecule has 0 aromatic carbocycles. The van der Waals surface area contributed by atoms with Crippen LogP contribution in [0.1, 0.15) is 19.8 Å². The van der Waals surface area contributed by atoms with E-state index < -0.39 is 6.10 Å². The van der Waals surface area contributed by atoms with E-state index in [-0.39, 0.29) is 12.0 Å². The van der Waals surface area contributed by atoms with Gasteiger partial charge >= 0.3 is 5.97 Å². The first kappa shape index (κ1) is 11.4. The predicted octanol–water partition coefficient (Wildman–Crippen LogP) is -0.0974. The molecule has 5 heteroatoms.